The summed E-state index contributed by atoms with van der Waals surface area (Å²) in [5.41, 5.74) is 5.47. The Labute approximate surface area is 111 Å². The molecule has 1 aliphatic heterocycles. The molecule has 0 bridgehead atoms. The largest absolute Gasteiger partial charge is 0.338 e. The molecule has 1 aromatic rings. The monoisotopic (exact) mass is 268 g/mol. The van der Waals surface area contributed by atoms with E-state index in [0.29, 0.717) is 25.6 Å². The molecule has 0 radical (unpaired) electrons. The maximum Gasteiger partial charge on any atom is 0.256 e. The van der Waals surface area contributed by atoms with Crippen molar-refractivity contribution < 1.29 is 13.6 Å². The van der Waals surface area contributed by atoms with Crippen molar-refractivity contribution in [3.63, 3.8) is 0 Å². The van der Waals surface area contributed by atoms with E-state index in [9.17, 15) is 13.6 Å². The van der Waals surface area contributed by atoms with Gasteiger partial charge in [0.1, 0.15) is 11.6 Å². The Kier molecular flexibility index (Phi) is 4.47. The lowest BCUT2D eigenvalue weighted by Crippen LogP contribution is -2.40. The van der Waals surface area contributed by atoms with Gasteiger partial charge >= 0.3 is 0 Å². The number of carbonyl (C=O) groups excluding carboxylic acids is 1. The molecule has 2 N–H and O–H groups in total. The normalized spacial score (nSPS) is 19.5. The lowest BCUT2D eigenvalue weighted by molar-refractivity contribution is 0.0664. The number of likely N-dealkylation sites (tertiary alicyclic amines) is 1. The Morgan fingerprint density at radius 2 is 2.21 bits per heavy atom. The third-order valence-corrected chi connectivity index (χ3v) is 3.54. The van der Waals surface area contributed by atoms with Gasteiger partial charge in [-0.2, -0.15) is 0 Å². The Morgan fingerprint density at radius 3 is 2.89 bits per heavy atom. The molecule has 5 heteroatoms. The molecule has 1 unspecified atom stereocenters. The molecule has 3 nitrogen and oxygen atoms in total. The summed E-state index contributed by atoms with van der Waals surface area (Å²) >= 11 is 0. The number of hydrogen-bond donors (Lipinski definition) is 1. The molecular formula is C14H18F2N2O. The van der Waals surface area contributed by atoms with Crippen molar-refractivity contribution in [3.8, 4) is 0 Å². The van der Waals surface area contributed by atoms with Gasteiger partial charge in [-0.3, -0.25) is 4.79 Å². The average molecular weight is 268 g/mol. The van der Waals surface area contributed by atoms with E-state index in [4.69, 9.17) is 5.73 Å². The molecule has 104 valence electrons. The standard InChI is InChI=1S/C14H18F2N2O/c15-11-3-4-12(13(16)8-11)14(19)18-7-1-2-10(9-18)5-6-17/h3-4,8,10H,1-2,5-7,9,17H2. The minimum Gasteiger partial charge on any atom is -0.338 e. The predicted octanol–water partition coefficient (Wildman–Crippen LogP) is 2.17. The molecule has 0 aliphatic carbocycles. The SMILES string of the molecule is NCCC1CCCN(C(=O)c2ccc(F)cc2F)C1. The zero-order valence-corrected chi connectivity index (χ0v) is 10.7. The highest BCUT2D eigenvalue weighted by atomic mass is 19.1. The summed E-state index contributed by atoms with van der Waals surface area (Å²) in [5.74, 6) is -1.45. The highest BCUT2D eigenvalue weighted by molar-refractivity contribution is 5.94. The highest BCUT2D eigenvalue weighted by Gasteiger charge is 2.25. The Morgan fingerprint density at radius 1 is 1.42 bits per heavy atom. The first-order valence-corrected chi connectivity index (χ1v) is 6.56. The zero-order valence-electron chi connectivity index (χ0n) is 10.7. The predicted molar refractivity (Wildman–Crippen MR) is 68.7 cm³/mol. The van der Waals surface area contributed by atoms with E-state index in [0.717, 1.165) is 31.4 Å². The summed E-state index contributed by atoms with van der Waals surface area (Å²) in [5, 5.41) is 0. The quantitative estimate of drug-likeness (QED) is 0.913. The minimum absolute atomic E-state index is 0.0604. The van der Waals surface area contributed by atoms with E-state index < -0.39 is 11.6 Å². The number of rotatable bonds is 3. The number of benzene rings is 1. The average Bonchev–Trinajstić information content (AvgIpc) is 2.39. The van der Waals surface area contributed by atoms with E-state index in [-0.39, 0.29) is 11.5 Å². The third-order valence-electron chi connectivity index (χ3n) is 3.54. The van der Waals surface area contributed by atoms with Crippen LogP contribution in [0.25, 0.3) is 0 Å². The third kappa shape index (κ3) is 3.29. The molecule has 1 aromatic carbocycles. The number of hydrogen-bond acceptors (Lipinski definition) is 2. The van der Waals surface area contributed by atoms with Crippen LogP contribution in [0.5, 0.6) is 0 Å². The first kappa shape index (κ1) is 13.9. The van der Waals surface area contributed by atoms with E-state index in [1.807, 2.05) is 0 Å². The number of carbonyl (C=O) groups is 1. The van der Waals surface area contributed by atoms with Crippen LogP contribution in [0.4, 0.5) is 8.78 Å². The zero-order chi connectivity index (χ0) is 13.8. The van der Waals surface area contributed by atoms with E-state index in [2.05, 4.69) is 0 Å². The summed E-state index contributed by atoms with van der Waals surface area (Å²) < 4.78 is 26.4. The number of nitrogens with two attached hydrogens (primary N) is 1. The lowest BCUT2D eigenvalue weighted by atomic mass is 9.94. The van der Waals surface area contributed by atoms with E-state index >= 15 is 0 Å². The van der Waals surface area contributed by atoms with Crippen molar-refractivity contribution in [1.29, 1.82) is 0 Å². The van der Waals surface area contributed by atoms with Crippen molar-refractivity contribution >= 4 is 5.91 Å². The number of piperidine rings is 1. The van der Waals surface area contributed by atoms with Gasteiger partial charge in [0.25, 0.3) is 5.91 Å². The van der Waals surface area contributed by atoms with Crippen LogP contribution in [0.3, 0.4) is 0 Å². The second-order valence-corrected chi connectivity index (χ2v) is 4.96. The van der Waals surface area contributed by atoms with Gasteiger partial charge in [-0.25, -0.2) is 8.78 Å². The Balaban J connectivity index is 2.10. The van der Waals surface area contributed by atoms with Crippen LogP contribution in [0, 0.1) is 17.6 Å². The topological polar surface area (TPSA) is 46.3 Å². The molecule has 1 aliphatic rings. The second kappa shape index (κ2) is 6.10. The highest BCUT2D eigenvalue weighted by Crippen LogP contribution is 2.21. The maximum atomic E-state index is 13.6. The van der Waals surface area contributed by atoms with Gasteiger partial charge in [-0.1, -0.05) is 0 Å². The summed E-state index contributed by atoms with van der Waals surface area (Å²) in [7, 11) is 0. The molecule has 0 aromatic heterocycles. The van der Waals surface area contributed by atoms with Gasteiger partial charge in [0.05, 0.1) is 5.56 Å². The number of amides is 1. The summed E-state index contributed by atoms with van der Waals surface area (Å²) in [6.07, 6.45) is 2.82. The van der Waals surface area contributed by atoms with Gasteiger partial charge < -0.3 is 10.6 Å². The molecule has 1 amide bonds. The fraction of sp³-hybridized carbons (Fsp3) is 0.500. The number of nitrogens with zero attached hydrogens (tertiary/aromatic N) is 1. The van der Waals surface area contributed by atoms with Gasteiger partial charge in [0, 0.05) is 19.2 Å². The summed E-state index contributed by atoms with van der Waals surface area (Å²) in [6, 6.07) is 3.06. The molecule has 0 saturated carbocycles. The van der Waals surface area contributed by atoms with Crippen molar-refractivity contribution in [2.24, 2.45) is 11.7 Å². The van der Waals surface area contributed by atoms with Gasteiger partial charge in [-0.15, -0.1) is 0 Å². The molecule has 1 atom stereocenters. The minimum atomic E-state index is -0.800. The molecule has 0 spiro atoms. The van der Waals surface area contributed by atoms with Crippen LogP contribution in [-0.4, -0.2) is 30.4 Å². The molecule has 1 heterocycles. The van der Waals surface area contributed by atoms with Gasteiger partial charge in [0.2, 0.25) is 0 Å². The van der Waals surface area contributed by atoms with Crippen molar-refractivity contribution in [2.45, 2.75) is 19.3 Å². The van der Waals surface area contributed by atoms with E-state index in [1.54, 1.807) is 4.90 Å². The smallest absolute Gasteiger partial charge is 0.256 e. The molecule has 2 rings (SSSR count). The van der Waals surface area contributed by atoms with Crippen LogP contribution in [0.1, 0.15) is 29.6 Å². The number of halogens is 2. The summed E-state index contributed by atoms with van der Waals surface area (Å²) in [6.45, 7) is 1.82. The van der Waals surface area contributed by atoms with Crippen molar-refractivity contribution in [2.75, 3.05) is 19.6 Å². The van der Waals surface area contributed by atoms with Crippen LogP contribution in [0.2, 0.25) is 0 Å². The Bertz CT molecular complexity index is 463. The van der Waals surface area contributed by atoms with Crippen LogP contribution in [0.15, 0.2) is 18.2 Å². The fourth-order valence-electron chi connectivity index (χ4n) is 2.55. The fourth-order valence-corrected chi connectivity index (χ4v) is 2.55. The second-order valence-electron chi connectivity index (χ2n) is 4.96. The van der Waals surface area contributed by atoms with Crippen molar-refractivity contribution in [1.82, 2.24) is 4.90 Å². The van der Waals surface area contributed by atoms with Gasteiger partial charge in [-0.05, 0) is 43.9 Å². The Hall–Kier alpha value is -1.49. The molecule has 1 saturated heterocycles. The van der Waals surface area contributed by atoms with Crippen LogP contribution < -0.4 is 5.73 Å². The van der Waals surface area contributed by atoms with Crippen LogP contribution >= 0.6 is 0 Å². The molecule has 19 heavy (non-hydrogen) atoms. The molecular weight excluding hydrogens is 250 g/mol. The summed E-state index contributed by atoms with van der Waals surface area (Å²) in [4.78, 5) is 13.9. The van der Waals surface area contributed by atoms with E-state index in [1.165, 1.54) is 6.07 Å². The lowest BCUT2D eigenvalue weighted by Gasteiger charge is -2.32. The van der Waals surface area contributed by atoms with Crippen molar-refractivity contribution in [3.05, 3.63) is 35.4 Å². The molecule has 1 fully saturated rings. The first-order chi connectivity index (χ1) is 9.11. The first-order valence-electron chi connectivity index (χ1n) is 6.56. The van der Waals surface area contributed by atoms with Crippen LogP contribution in [-0.2, 0) is 0 Å². The maximum absolute atomic E-state index is 13.6. The van der Waals surface area contributed by atoms with Gasteiger partial charge in [0.15, 0.2) is 0 Å².